The lowest BCUT2D eigenvalue weighted by Crippen LogP contribution is -2.45. The normalized spacial score (nSPS) is 19.9. The number of nitrogens with two attached hydrogens (primary N) is 1. The highest BCUT2D eigenvalue weighted by atomic mass is 19.1. The number of rotatable bonds is 2. The van der Waals surface area contributed by atoms with E-state index in [1.165, 1.54) is 12.3 Å². The fraction of sp³-hybridized carbons (Fsp3) is 0.500. The van der Waals surface area contributed by atoms with Crippen LogP contribution in [0.2, 0.25) is 0 Å². The standard InChI is InChI=1S/C12H16FN3O2/c1-2-8-7-16(5-6-18-8)12(17)9-3-4-15-11(14)10(9)13/h3-4,8H,2,5-7H2,1H3,(H2,14,15). The number of amides is 1. The molecule has 6 heteroatoms. The summed E-state index contributed by atoms with van der Waals surface area (Å²) in [7, 11) is 0. The van der Waals surface area contributed by atoms with Gasteiger partial charge in [0, 0.05) is 19.3 Å². The van der Waals surface area contributed by atoms with Crippen LogP contribution in [0.3, 0.4) is 0 Å². The number of carbonyl (C=O) groups excluding carboxylic acids is 1. The number of ether oxygens (including phenoxy) is 1. The Morgan fingerprint density at radius 2 is 2.50 bits per heavy atom. The van der Waals surface area contributed by atoms with E-state index in [1.54, 1.807) is 4.90 Å². The second-order valence-electron chi connectivity index (χ2n) is 4.21. The van der Waals surface area contributed by atoms with Crippen LogP contribution in [0.4, 0.5) is 10.2 Å². The Morgan fingerprint density at radius 3 is 3.22 bits per heavy atom. The van der Waals surface area contributed by atoms with Gasteiger partial charge in [-0.25, -0.2) is 9.37 Å². The molecule has 0 aliphatic carbocycles. The highest BCUT2D eigenvalue weighted by molar-refractivity contribution is 5.95. The number of aromatic nitrogens is 1. The van der Waals surface area contributed by atoms with Gasteiger partial charge in [0.25, 0.3) is 5.91 Å². The molecule has 1 amide bonds. The van der Waals surface area contributed by atoms with Crippen molar-refractivity contribution in [2.24, 2.45) is 0 Å². The van der Waals surface area contributed by atoms with E-state index in [0.717, 1.165) is 6.42 Å². The van der Waals surface area contributed by atoms with Gasteiger partial charge >= 0.3 is 0 Å². The first-order valence-electron chi connectivity index (χ1n) is 5.94. The highest BCUT2D eigenvalue weighted by Crippen LogP contribution is 2.17. The first-order valence-corrected chi connectivity index (χ1v) is 5.94. The van der Waals surface area contributed by atoms with Gasteiger partial charge in [-0.05, 0) is 12.5 Å². The molecular weight excluding hydrogens is 237 g/mol. The molecule has 5 nitrogen and oxygen atoms in total. The van der Waals surface area contributed by atoms with Crippen LogP contribution in [0.15, 0.2) is 12.3 Å². The number of anilines is 1. The zero-order chi connectivity index (χ0) is 13.1. The Hall–Kier alpha value is -1.69. The molecule has 2 N–H and O–H groups in total. The minimum absolute atomic E-state index is 0.0185. The topological polar surface area (TPSA) is 68.5 Å². The van der Waals surface area contributed by atoms with Crippen LogP contribution in [0.5, 0.6) is 0 Å². The van der Waals surface area contributed by atoms with Crippen molar-refractivity contribution in [2.75, 3.05) is 25.4 Å². The summed E-state index contributed by atoms with van der Waals surface area (Å²) >= 11 is 0. The molecule has 0 bridgehead atoms. The SMILES string of the molecule is CCC1CN(C(=O)c2ccnc(N)c2F)CCO1. The number of nitrogens with zero attached hydrogens (tertiary/aromatic N) is 2. The molecule has 1 atom stereocenters. The predicted molar refractivity (Wildman–Crippen MR) is 64.5 cm³/mol. The van der Waals surface area contributed by atoms with E-state index >= 15 is 0 Å². The molecule has 1 aromatic heterocycles. The second-order valence-corrected chi connectivity index (χ2v) is 4.21. The maximum absolute atomic E-state index is 13.7. The summed E-state index contributed by atoms with van der Waals surface area (Å²) in [4.78, 5) is 17.4. The molecule has 1 aliphatic heterocycles. The lowest BCUT2D eigenvalue weighted by Gasteiger charge is -2.32. The lowest BCUT2D eigenvalue weighted by molar-refractivity contribution is -0.0227. The second kappa shape index (κ2) is 5.30. The molecule has 98 valence electrons. The zero-order valence-corrected chi connectivity index (χ0v) is 10.2. The van der Waals surface area contributed by atoms with Crippen molar-refractivity contribution in [1.82, 2.24) is 9.88 Å². The Labute approximate surface area is 105 Å². The lowest BCUT2D eigenvalue weighted by atomic mass is 10.1. The van der Waals surface area contributed by atoms with Crippen molar-refractivity contribution in [3.63, 3.8) is 0 Å². The number of halogens is 1. The Kier molecular flexibility index (Phi) is 3.76. The molecule has 0 radical (unpaired) electrons. The van der Waals surface area contributed by atoms with E-state index in [9.17, 15) is 9.18 Å². The van der Waals surface area contributed by atoms with Crippen LogP contribution in [-0.4, -0.2) is 41.6 Å². The quantitative estimate of drug-likeness (QED) is 0.855. The maximum atomic E-state index is 13.7. The van der Waals surface area contributed by atoms with Crippen LogP contribution in [0.1, 0.15) is 23.7 Å². The molecule has 1 fully saturated rings. The number of hydrogen-bond acceptors (Lipinski definition) is 4. The molecule has 1 unspecified atom stereocenters. The molecule has 18 heavy (non-hydrogen) atoms. The first-order chi connectivity index (χ1) is 8.63. The number of carbonyl (C=O) groups is 1. The summed E-state index contributed by atoms with van der Waals surface area (Å²) in [5.74, 6) is -1.36. The summed E-state index contributed by atoms with van der Waals surface area (Å²) < 4.78 is 19.2. The smallest absolute Gasteiger partial charge is 0.257 e. The third-order valence-electron chi connectivity index (χ3n) is 3.03. The van der Waals surface area contributed by atoms with Crippen molar-refractivity contribution >= 4 is 11.7 Å². The molecule has 0 saturated carbocycles. The van der Waals surface area contributed by atoms with Gasteiger partial charge in [-0.3, -0.25) is 4.79 Å². The van der Waals surface area contributed by atoms with E-state index in [4.69, 9.17) is 10.5 Å². The highest BCUT2D eigenvalue weighted by Gasteiger charge is 2.26. The van der Waals surface area contributed by atoms with Crippen LogP contribution < -0.4 is 5.73 Å². The Bertz CT molecular complexity index is 453. The van der Waals surface area contributed by atoms with E-state index < -0.39 is 5.82 Å². The van der Waals surface area contributed by atoms with E-state index in [-0.39, 0.29) is 23.4 Å². The van der Waals surface area contributed by atoms with Gasteiger partial charge in [0.05, 0.1) is 18.3 Å². The van der Waals surface area contributed by atoms with E-state index in [0.29, 0.717) is 19.7 Å². The Balaban J connectivity index is 2.18. The number of nitrogen functional groups attached to an aromatic ring is 1. The summed E-state index contributed by atoms with van der Waals surface area (Å²) in [5.41, 5.74) is 5.33. The summed E-state index contributed by atoms with van der Waals surface area (Å²) in [6, 6.07) is 1.35. The van der Waals surface area contributed by atoms with Crippen LogP contribution in [0, 0.1) is 5.82 Å². The molecule has 1 aromatic rings. The number of pyridine rings is 1. The summed E-state index contributed by atoms with van der Waals surface area (Å²) in [5, 5.41) is 0. The largest absolute Gasteiger partial charge is 0.381 e. The monoisotopic (exact) mass is 253 g/mol. The van der Waals surface area contributed by atoms with E-state index in [1.807, 2.05) is 6.92 Å². The molecule has 2 rings (SSSR count). The average Bonchev–Trinajstić information content (AvgIpc) is 2.41. The molecule has 0 aromatic carbocycles. The van der Waals surface area contributed by atoms with Crippen LogP contribution >= 0.6 is 0 Å². The minimum atomic E-state index is -0.748. The van der Waals surface area contributed by atoms with Gasteiger partial charge in [-0.2, -0.15) is 0 Å². The zero-order valence-electron chi connectivity index (χ0n) is 10.2. The van der Waals surface area contributed by atoms with Crippen molar-refractivity contribution in [1.29, 1.82) is 0 Å². The third kappa shape index (κ3) is 2.43. The van der Waals surface area contributed by atoms with Crippen molar-refractivity contribution in [3.8, 4) is 0 Å². The van der Waals surface area contributed by atoms with Crippen molar-refractivity contribution in [3.05, 3.63) is 23.6 Å². The fourth-order valence-electron chi connectivity index (χ4n) is 1.95. The average molecular weight is 253 g/mol. The van der Waals surface area contributed by atoms with Crippen LogP contribution in [0.25, 0.3) is 0 Å². The van der Waals surface area contributed by atoms with E-state index in [2.05, 4.69) is 4.98 Å². The predicted octanol–water partition coefficient (Wildman–Crippen LogP) is 1.05. The van der Waals surface area contributed by atoms with Gasteiger partial charge in [-0.15, -0.1) is 0 Å². The van der Waals surface area contributed by atoms with Gasteiger partial charge in [0.15, 0.2) is 11.6 Å². The summed E-state index contributed by atoms with van der Waals surface area (Å²) in [6.45, 7) is 3.42. The van der Waals surface area contributed by atoms with Gasteiger partial charge in [0.2, 0.25) is 0 Å². The summed E-state index contributed by atoms with van der Waals surface area (Å²) in [6.07, 6.45) is 2.18. The molecule has 1 saturated heterocycles. The van der Waals surface area contributed by atoms with Crippen molar-refractivity contribution in [2.45, 2.75) is 19.4 Å². The molecule has 2 heterocycles. The maximum Gasteiger partial charge on any atom is 0.257 e. The molecule has 0 spiro atoms. The van der Waals surface area contributed by atoms with Gasteiger partial charge in [-0.1, -0.05) is 6.92 Å². The fourth-order valence-corrected chi connectivity index (χ4v) is 1.95. The van der Waals surface area contributed by atoms with Gasteiger partial charge < -0.3 is 15.4 Å². The first kappa shape index (κ1) is 12.8. The van der Waals surface area contributed by atoms with Gasteiger partial charge in [0.1, 0.15) is 0 Å². The number of hydrogen-bond donors (Lipinski definition) is 1. The third-order valence-corrected chi connectivity index (χ3v) is 3.03. The minimum Gasteiger partial charge on any atom is -0.381 e. The van der Waals surface area contributed by atoms with Crippen molar-refractivity contribution < 1.29 is 13.9 Å². The number of morpholine rings is 1. The Morgan fingerprint density at radius 1 is 1.72 bits per heavy atom. The molecule has 1 aliphatic rings. The van der Waals surface area contributed by atoms with Crippen LogP contribution in [-0.2, 0) is 4.74 Å². The molecular formula is C12H16FN3O2.